The molecule has 0 aliphatic carbocycles. The second-order valence-electron chi connectivity index (χ2n) is 4.38. The lowest BCUT2D eigenvalue weighted by Gasteiger charge is -2.22. The maximum atomic E-state index is 13.0. The molecule has 0 aromatic heterocycles. The lowest BCUT2D eigenvalue weighted by molar-refractivity contribution is -0.185. The summed E-state index contributed by atoms with van der Waals surface area (Å²) < 4.78 is 74.3. The van der Waals surface area contributed by atoms with Gasteiger partial charge in [0.25, 0.3) is 0 Å². The molecular formula is C13H21F6O2S2+. The number of halogens is 6. The molecule has 2 atom stereocenters. The van der Waals surface area contributed by atoms with Gasteiger partial charge in [0, 0.05) is 12.2 Å². The summed E-state index contributed by atoms with van der Waals surface area (Å²) in [5.74, 6) is -4.75. The normalized spacial score (nSPS) is 14.0. The van der Waals surface area contributed by atoms with Gasteiger partial charge in [-0.05, 0) is 24.6 Å². The number of alkyl halides is 6. The molecule has 0 saturated heterocycles. The number of rotatable bonds is 9. The molecule has 23 heavy (non-hydrogen) atoms. The summed E-state index contributed by atoms with van der Waals surface area (Å²) in [6.45, 7) is 3.45. The standard InChI is InChI=1S/C10H14F6OS.C3H6OS/c1-2-7(17)18-5-3-4-6(11)8(12)10(15,16)9(13)14;1-2-3(4)5/h6,8-9H,2-5H2,1H3;2H2,1H3,(H,4,5)/p+1. The molecule has 0 aromatic rings. The largest absolute Gasteiger partial charge is 0.350 e. The molecule has 0 heterocycles. The maximum Gasteiger partial charge on any atom is 0.350 e. The van der Waals surface area contributed by atoms with Gasteiger partial charge in [-0.1, -0.05) is 13.8 Å². The summed E-state index contributed by atoms with van der Waals surface area (Å²) in [7, 11) is 0. The molecule has 0 saturated carbocycles. The van der Waals surface area contributed by atoms with E-state index in [1.165, 1.54) is 0 Å². The van der Waals surface area contributed by atoms with Gasteiger partial charge < -0.3 is 0 Å². The number of carbonyl (C=O) groups is 1. The van der Waals surface area contributed by atoms with Crippen molar-refractivity contribution in [2.45, 2.75) is 64.2 Å². The lowest BCUT2D eigenvalue weighted by atomic mass is 10.1. The van der Waals surface area contributed by atoms with Gasteiger partial charge >= 0.3 is 17.5 Å². The summed E-state index contributed by atoms with van der Waals surface area (Å²) in [6.07, 6.45) is -10.0. The van der Waals surface area contributed by atoms with E-state index in [1.807, 2.05) is 0 Å². The zero-order chi connectivity index (χ0) is 18.6. The second-order valence-corrected chi connectivity index (χ2v) is 6.05. The Morgan fingerprint density at radius 1 is 1.17 bits per heavy atom. The van der Waals surface area contributed by atoms with Crippen LogP contribution in [0, 0.1) is 0 Å². The second kappa shape index (κ2) is 13.0. The van der Waals surface area contributed by atoms with Gasteiger partial charge in [0.2, 0.25) is 6.17 Å². The lowest BCUT2D eigenvalue weighted by Crippen LogP contribution is -2.43. The zero-order valence-corrected chi connectivity index (χ0v) is 14.5. The smallest absolute Gasteiger partial charge is 0.288 e. The van der Waals surface area contributed by atoms with Crippen molar-refractivity contribution in [1.29, 1.82) is 0 Å². The fraction of sp³-hybridized carbons (Fsp3) is 0.846. The Balaban J connectivity index is 0. The van der Waals surface area contributed by atoms with E-state index in [9.17, 15) is 31.1 Å². The van der Waals surface area contributed by atoms with Gasteiger partial charge in [-0.3, -0.25) is 9.59 Å². The van der Waals surface area contributed by atoms with E-state index in [2.05, 4.69) is 12.6 Å². The van der Waals surface area contributed by atoms with Crippen molar-refractivity contribution in [3.63, 3.8) is 0 Å². The fourth-order valence-corrected chi connectivity index (χ4v) is 1.83. The molecule has 2 nitrogen and oxygen atoms in total. The molecular weight excluding hydrogens is 366 g/mol. The highest BCUT2D eigenvalue weighted by molar-refractivity contribution is 8.13. The molecule has 0 aliphatic heterocycles. The van der Waals surface area contributed by atoms with Crippen LogP contribution in [0.25, 0.3) is 0 Å². The van der Waals surface area contributed by atoms with E-state index in [1.54, 1.807) is 13.8 Å². The summed E-state index contributed by atoms with van der Waals surface area (Å²) in [4.78, 5) is 18.7. The van der Waals surface area contributed by atoms with Crippen LogP contribution in [-0.2, 0) is 4.79 Å². The van der Waals surface area contributed by atoms with E-state index >= 15 is 0 Å². The molecule has 0 rings (SSSR count). The number of thioether (sulfide) groups is 1. The number of carbonyl (C=O) groups excluding carboxylic acids is 2. The molecule has 0 spiro atoms. The van der Waals surface area contributed by atoms with Crippen LogP contribution in [0.4, 0.5) is 26.3 Å². The Kier molecular flexibility index (Phi) is 14.0. The number of thiol groups is 1. The van der Waals surface area contributed by atoms with E-state index in [-0.39, 0.29) is 22.4 Å². The Morgan fingerprint density at radius 3 is 2.00 bits per heavy atom. The van der Waals surface area contributed by atoms with Gasteiger partial charge in [0.1, 0.15) is 6.17 Å². The molecule has 0 aromatic carbocycles. The minimum absolute atomic E-state index is 0.00955. The SMILES string of the molecule is CCC(=O)S.CCC(=[OH+])SCCCC(F)C(F)C(F)(F)C(F)F. The number of hydrogen-bond acceptors (Lipinski definition) is 2. The molecule has 0 amide bonds. The number of hydrogen-bond donors (Lipinski definition) is 1. The van der Waals surface area contributed by atoms with Crippen molar-refractivity contribution in [2.75, 3.05) is 5.75 Å². The first-order valence-electron chi connectivity index (χ1n) is 6.84. The van der Waals surface area contributed by atoms with Gasteiger partial charge in [-0.15, -0.1) is 12.6 Å². The highest BCUT2D eigenvalue weighted by Crippen LogP contribution is 2.33. The fourth-order valence-electron chi connectivity index (χ4n) is 1.08. The van der Waals surface area contributed by atoms with Crippen LogP contribution in [0.5, 0.6) is 0 Å². The predicted molar refractivity (Wildman–Crippen MR) is 84.0 cm³/mol. The van der Waals surface area contributed by atoms with Crippen LogP contribution in [-0.4, -0.2) is 45.5 Å². The van der Waals surface area contributed by atoms with Crippen molar-refractivity contribution < 1.29 is 35.9 Å². The predicted octanol–water partition coefficient (Wildman–Crippen LogP) is 4.84. The first-order chi connectivity index (χ1) is 10.5. The van der Waals surface area contributed by atoms with Crippen LogP contribution in [0.2, 0.25) is 0 Å². The summed E-state index contributed by atoms with van der Waals surface area (Å²) >= 11 is 4.45. The molecule has 10 heteroatoms. The topological polar surface area (TPSA) is 38.5 Å². The average Bonchev–Trinajstić information content (AvgIpc) is 2.50. The summed E-state index contributed by atoms with van der Waals surface area (Å²) in [5, 5.41) is 0.0464. The van der Waals surface area contributed by atoms with Crippen LogP contribution >= 0.6 is 24.4 Å². The van der Waals surface area contributed by atoms with E-state index in [0.717, 1.165) is 11.8 Å². The Hall–Kier alpha value is -0.380. The first kappa shape index (κ1) is 24.9. The molecule has 0 radical (unpaired) electrons. The van der Waals surface area contributed by atoms with Crippen LogP contribution in [0.15, 0.2) is 0 Å². The Labute approximate surface area is 141 Å². The molecule has 2 unspecified atom stereocenters. The monoisotopic (exact) mass is 387 g/mol. The zero-order valence-electron chi connectivity index (χ0n) is 12.7. The molecule has 0 aliphatic rings. The van der Waals surface area contributed by atoms with Gasteiger partial charge in [-0.25, -0.2) is 17.6 Å². The van der Waals surface area contributed by atoms with E-state index in [4.69, 9.17) is 4.79 Å². The van der Waals surface area contributed by atoms with Crippen molar-refractivity contribution >= 4 is 34.6 Å². The average molecular weight is 387 g/mol. The quantitative estimate of drug-likeness (QED) is 0.266. The minimum atomic E-state index is -4.97. The van der Waals surface area contributed by atoms with Crippen molar-refractivity contribution in [1.82, 2.24) is 0 Å². The van der Waals surface area contributed by atoms with Crippen molar-refractivity contribution in [3.05, 3.63) is 0 Å². The highest BCUT2D eigenvalue weighted by atomic mass is 32.2. The van der Waals surface area contributed by atoms with Crippen LogP contribution in [0.3, 0.4) is 0 Å². The van der Waals surface area contributed by atoms with Gasteiger partial charge in [-0.2, -0.15) is 8.78 Å². The highest BCUT2D eigenvalue weighted by Gasteiger charge is 2.53. The summed E-state index contributed by atoms with van der Waals surface area (Å²) in [5.41, 5.74) is 0. The molecule has 0 bridgehead atoms. The Bertz CT molecular complexity index is 355. The third kappa shape index (κ3) is 11.7. The molecule has 0 fully saturated rings. The van der Waals surface area contributed by atoms with Gasteiger partial charge in [0.05, 0.1) is 6.42 Å². The molecule has 1 N–H and O–H groups in total. The molecule has 138 valence electrons. The Morgan fingerprint density at radius 2 is 1.65 bits per heavy atom. The van der Waals surface area contributed by atoms with Gasteiger partial charge in [0.15, 0.2) is 5.12 Å². The van der Waals surface area contributed by atoms with Crippen molar-refractivity contribution in [2.24, 2.45) is 0 Å². The minimum Gasteiger partial charge on any atom is -0.288 e. The maximum absolute atomic E-state index is 13.0. The van der Waals surface area contributed by atoms with E-state index < -0.39 is 31.1 Å². The third-order valence-corrected chi connectivity index (χ3v) is 3.90. The van der Waals surface area contributed by atoms with E-state index in [0.29, 0.717) is 12.8 Å². The van der Waals surface area contributed by atoms with Crippen molar-refractivity contribution in [3.8, 4) is 0 Å². The first-order valence-corrected chi connectivity index (χ1v) is 8.27. The van der Waals surface area contributed by atoms with Crippen LogP contribution < -0.4 is 0 Å². The summed E-state index contributed by atoms with van der Waals surface area (Å²) in [6, 6.07) is 0. The van der Waals surface area contributed by atoms with Crippen LogP contribution in [0.1, 0.15) is 39.5 Å². The third-order valence-electron chi connectivity index (χ3n) is 2.47.